The van der Waals surface area contributed by atoms with E-state index >= 15 is 0 Å². The lowest BCUT2D eigenvalue weighted by Gasteiger charge is -2.43. The van der Waals surface area contributed by atoms with Gasteiger partial charge in [0.15, 0.2) is 5.69 Å². The summed E-state index contributed by atoms with van der Waals surface area (Å²) in [6.45, 7) is 1.53. The fourth-order valence-electron chi connectivity index (χ4n) is 5.05. The summed E-state index contributed by atoms with van der Waals surface area (Å²) in [6.07, 6.45) is 4.95. The molecule has 9 nitrogen and oxygen atoms in total. The molecule has 0 spiro atoms. The molecule has 0 saturated carbocycles. The van der Waals surface area contributed by atoms with E-state index in [4.69, 9.17) is 5.21 Å². The molecule has 2 atom stereocenters. The second kappa shape index (κ2) is 6.46. The first-order valence-corrected chi connectivity index (χ1v) is 9.78. The molecule has 2 aliphatic heterocycles. The van der Waals surface area contributed by atoms with Gasteiger partial charge in [-0.15, -0.1) is 0 Å². The zero-order valence-corrected chi connectivity index (χ0v) is 15.4. The monoisotopic (exact) mass is 384 g/mol. The molecular weight excluding hydrogens is 362 g/mol. The third-order valence-corrected chi connectivity index (χ3v) is 6.34. The summed E-state index contributed by atoms with van der Waals surface area (Å²) in [7, 11) is 0. The SMILES string of the molecule is O=C(c1n[nH]c2c1CCCC2)N1CC2CC(C1)c1ccc(N([O-])O)c(=O)n1C2. The van der Waals surface area contributed by atoms with Crippen LogP contribution in [0.15, 0.2) is 16.9 Å². The predicted octanol–water partition coefficient (Wildman–Crippen LogP) is 1.40. The van der Waals surface area contributed by atoms with Crippen molar-refractivity contribution in [1.82, 2.24) is 19.7 Å². The number of fused-ring (bicyclic) bond motifs is 5. The van der Waals surface area contributed by atoms with Crippen molar-refractivity contribution in [3.63, 3.8) is 0 Å². The number of amides is 1. The Labute approximate surface area is 161 Å². The molecule has 9 heteroatoms. The molecule has 2 unspecified atom stereocenters. The zero-order valence-electron chi connectivity index (χ0n) is 15.4. The minimum Gasteiger partial charge on any atom is -0.733 e. The molecule has 0 aromatic carbocycles. The minimum absolute atomic E-state index is 0.0340. The molecule has 2 aromatic heterocycles. The number of anilines is 1. The van der Waals surface area contributed by atoms with Gasteiger partial charge in [-0.3, -0.25) is 19.9 Å². The van der Waals surface area contributed by atoms with Crippen LogP contribution in [0.4, 0.5) is 5.69 Å². The number of aryl methyl sites for hydroxylation is 1. The van der Waals surface area contributed by atoms with Crippen LogP contribution in [0.5, 0.6) is 0 Å². The highest BCUT2D eigenvalue weighted by atomic mass is 16.8. The van der Waals surface area contributed by atoms with E-state index in [-0.39, 0.29) is 28.7 Å². The van der Waals surface area contributed by atoms with Gasteiger partial charge in [-0.1, -0.05) is 0 Å². The Morgan fingerprint density at radius 3 is 2.89 bits per heavy atom. The largest absolute Gasteiger partial charge is 0.733 e. The number of aromatic nitrogens is 3. The van der Waals surface area contributed by atoms with Gasteiger partial charge in [0, 0.05) is 42.5 Å². The summed E-state index contributed by atoms with van der Waals surface area (Å²) in [5.41, 5.74) is 2.75. The van der Waals surface area contributed by atoms with Crippen molar-refractivity contribution in [3.05, 3.63) is 50.3 Å². The van der Waals surface area contributed by atoms with Crippen LogP contribution in [-0.2, 0) is 19.4 Å². The topological polar surface area (TPSA) is 118 Å². The van der Waals surface area contributed by atoms with E-state index in [1.165, 1.54) is 6.07 Å². The van der Waals surface area contributed by atoms with Gasteiger partial charge in [0.25, 0.3) is 11.5 Å². The van der Waals surface area contributed by atoms with Crippen LogP contribution in [0.2, 0.25) is 0 Å². The van der Waals surface area contributed by atoms with E-state index in [0.29, 0.717) is 25.3 Å². The average Bonchev–Trinajstić information content (AvgIpc) is 3.12. The number of H-pyrrole nitrogens is 1. The summed E-state index contributed by atoms with van der Waals surface area (Å²) in [5.74, 6) is 0.131. The van der Waals surface area contributed by atoms with Crippen molar-refractivity contribution in [1.29, 1.82) is 0 Å². The molecule has 2 N–H and O–H groups in total. The van der Waals surface area contributed by atoms with Crippen molar-refractivity contribution in [3.8, 4) is 0 Å². The van der Waals surface area contributed by atoms with Crippen LogP contribution in [0, 0.1) is 11.1 Å². The second-order valence-electron chi connectivity index (χ2n) is 8.08. The predicted molar refractivity (Wildman–Crippen MR) is 100 cm³/mol. The summed E-state index contributed by atoms with van der Waals surface area (Å²) in [4.78, 5) is 27.6. The Hall–Kier alpha value is -2.65. The summed E-state index contributed by atoms with van der Waals surface area (Å²) < 4.78 is 1.58. The Kier molecular flexibility index (Phi) is 4.02. The van der Waals surface area contributed by atoms with E-state index in [1.807, 2.05) is 4.90 Å². The molecule has 3 aliphatic rings. The molecule has 2 aromatic rings. The Morgan fingerprint density at radius 2 is 2.07 bits per heavy atom. The van der Waals surface area contributed by atoms with Crippen molar-refractivity contribution in [2.24, 2.45) is 5.92 Å². The number of hydrogen-bond donors (Lipinski definition) is 2. The summed E-state index contributed by atoms with van der Waals surface area (Å²) >= 11 is 0. The van der Waals surface area contributed by atoms with Crippen molar-refractivity contribution >= 4 is 11.6 Å². The van der Waals surface area contributed by atoms with E-state index in [9.17, 15) is 14.8 Å². The number of rotatable bonds is 2. The number of nitrogens with zero attached hydrogens (tertiary/aromatic N) is 4. The smallest absolute Gasteiger partial charge is 0.275 e. The molecule has 1 aliphatic carbocycles. The number of pyridine rings is 1. The maximum absolute atomic E-state index is 13.2. The molecule has 148 valence electrons. The Morgan fingerprint density at radius 1 is 1.25 bits per heavy atom. The van der Waals surface area contributed by atoms with Crippen LogP contribution in [0.1, 0.15) is 52.6 Å². The molecule has 1 saturated heterocycles. The molecule has 0 radical (unpaired) electrons. The van der Waals surface area contributed by atoms with Crippen molar-refractivity contribution in [2.45, 2.75) is 44.6 Å². The standard InChI is InChI=1S/C19H22N5O4/c25-18-16(24(27)28)6-5-15-12-7-11(9-23(15)18)8-22(10-12)19(26)17-13-3-1-2-4-14(13)20-21-17/h5-6,11-12,27H,1-4,7-10H2,(H,20,21)/q-1. The van der Waals surface area contributed by atoms with E-state index in [2.05, 4.69) is 10.2 Å². The van der Waals surface area contributed by atoms with Gasteiger partial charge < -0.3 is 19.9 Å². The fraction of sp³-hybridized carbons (Fsp3) is 0.526. The van der Waals surface area contributed by atoms with Gasteiger partial charge in [0.2, 0.25) is 0 Å². The second-order valence-corrected chi connectivity index (χ2v) is 8.08. The van der Waals surface area contributed by atoms with Crippen molar-refractivity contribution in [2.75, 3.05) is 18.3 Å². The normalized spacial score (nSPS) is 23.1. The molecule has 5 rings (SSSR count). The number of carbonyl (C=O) groups is 1. The lowest BCUT2D eigenvalue weighted by atomic mass is 9.83. The Balaban J connectivity index is 1.44. The van der Waals surface area contributed by atoms with Gasteiger partial charge in [0.1, 0.15) is 5.69 Å². The minimum atomic E-state index is -0.481. The average molecular weight is 384 g/mol. The molecule has 1 fully saturated rings. The maximum Gasteiger partial charge on any atom is 0.275 e. The van der Waals surface area contributed by atoms with Crippen molar-refractivity contribution < 1.29 is 10.0 Å². The van der Waals surface area contributed by atoms with Crippen LogP contribution in [0.3, 0.4) is 0 Å². The number of nitrogens with one attached hydrogen (secondary N) is 1. The molecule has 4 heterocycles. The Bertz CT molecular complexity index is 995. The molecule has 28 heavy (non-hydrogen) atoms. The third kappa shape index (κ3) is 2.65. The fourth-order valence-corrected chi connectivity index (χ4v) is 5.05. The summed E-state index contributed by atoms with van der Waals surface area (Å²) in [5, 5.41) is 27.3. The zero-order chi connectivity index (χ0) is 19.4. The van der Waals surface area contributed by atoms with E-state index in [1.54, 1.807) is 10.6 Å². The van der Waals surface area contributed by atoms with Gasteiger partial charge in [0.05, 0.1) is 0 Å². The molecule has 1 amide bonds. The highest BCUT2D eigenvalue weighted by Crippen LogP contribution is 2.36. The van der Waals surface area contributed by atoms with Gasteiger partial charge in [-0.2, -0.15) is 5.10 Å². The van der Waals surface area contributed by atoms with Crippen LogP contribution in [0.25, 0.3) is 0 Å². The highest BCUT2D eigenvalue weighted by Gasteiger charge is 2.38. The van der Waals surface area contributed by atoms with Crippen LogP contribution < -0.4 is 10.8 Å². The number of hydrogen-bond acceptors (Lipinski definition) is 6. The lowest BCUT2D eigenvalue weighted by molar-refractivity contribution is 0.0587. The van der Waals surface area contributed by atoms with Crippen LogP contribution >= 0.6 is 0 Å². The number of piperidine rings is 1. The van der Waals surface area contributed by atoms with Gasteiger partial charge in [-0.05, 0) is 50.2 Å². The summed E-state index contributed by atoms with van der Waals surface area (Å²) in [6, 6.07) is 3.06. The highest BCUT2D eigenvalue weighted by molar-refractivity contribution is 5.94. The first kappa shape index (κ1) is 17.4. The first-order chi connectivity index (χ1) is 13.5. The number of aromatic amines is 1. The molecule has 2 bridgehead atoms. The maximum atomic E-state index is 13.2. The number of likely N-dealkylation sites (tertiary alicyclic amines) is 1. The van der Waals surface area contributed by atoms with E-state index in [0.717, 1.165) is 49.1 Å². The van der Waals surface area contributed by atoms with Gasteiger partial charge in [-0.25, -0.2) is 0 Å². The van der Waals surface area contributed by atoms with Gasteiger partial charge >= 0.3 is 0 Å². The van der Waals surface area contributed by atoms with Crippen LogP contribution in [-0.4, -0.2) is 43.9 Å². The first-order valence-electron chi connectivity index (χ1n) is 9.78. The molecular formula is C19H22N5O4-. The van der Waals surface area contributed by atoms with E-state index < -0.39 is 5.56 Å². The number of carbonyl (C=O) groups excluding carboxylic acids is 1. The third-order valence-electron chi connectivity index (χ3n) is 6.34. The quantitative estimate of drug-likeness (QED) is 0.756. The lowest BCUT2D eigenvalue weighted by Crippen LogP contribution is -2.49.